The summed E-state index contributed by atoms with van der Waals surface area (Å²) in [6.45, 7) is 1.72. The van der Waals surface area contributed by atoms with Crippen molar-refractivity contribution < 1.29 is 14.4 Å². The summed E-state index contributed by atoms with van der Waals surface area (Å²) >= 11 is 5.96. The summed E-state index contributed by atoms with van der Waals surface area (Å²) < 4.78 is 0. The molecular weight excluding hydrogens is 318 g/mol. The maximum absolute atomic E-state index is 12.0. The lowest BCUT2D eigenvalue weighted by Gasteiger charge is -2.11. The number of halogens is 1. The van der Waals surface area contributed by atoms with Gasteiger partial charge in [-0.3, -0.25) is 14.4 Å². The van der Waals surface area contributed by atoms with Crippen molar-refractivity contribution in [1.29, 1.82) is 0 Å². The van der Waals surface area contributed by atoms with Gasteiger partial charge in [0.05, 0.1) is 11.3 Å². The third kappa shape index (κ3) is 3.87. The molecule has 6 nitrogen and oxygen atoms in total. The van der Waals surface area contributed by atoms with Crippen molar-refractivity contribution in [3.05, 3.63) is 58.6 Å². The van der Waals surface area contributed by atoms with Gasteiger partial charge in [-0.05, 0) is 36.8 Å². The van der Waals surface area contributed by atoms with Crippen molar-refractivity contribution in [2.24, 2.45) is 5.73 Å². The molecule has 0 bridgehead atoms. The first-order valence-electron chi connectivity index (χ1n) is 6.66. The fourth-order valence-electron chi connectivity index (χ4n) is 1.91. The minimum Gasteiger partial charge on any atom is -0.366 e. The average Bonchev–Trinajstić information content (AvgIpc) is 2.52. The van der Waals surface area contributed by atoms with Gasteiger partial charge >= 0.3 is 11.8 Å². The predicted octanol–water partition coefficient (Wildman–Crippen LogP) is 2.32. The van der Waals surface area contributed by atoms with Crippen LogP contribution in [0.15, 0.2) is 42.5 Å². The lowest BCUT2D eigenvalue weighted by molar-refractivity contribution is -0.133. The summed E-state index contributed by atoms with van der Waals surface area (Å²) in [6.07, 6.45) is 0. The summed E-state index contributed by atoms with van der Waals surface area (Å²) in [5.74, 6) is -2.50. The molecule has 0 fully saturated rings. The van der Waals surface area contributed by atoms with Gasteiger partial charge in [-0.2, -0.15) is 0 Å². The van der Waals surface area contributed by atoms with Gasteiger partial charge in [0, 0.05) is 10.7 Å². The number of carbonyl (C=O) groups excluding carboxylic acids is 3. The number of para-hydroxylation sites is 1. The van der Waals surface area contributed by atoms with E-state index in [1.165, 1.54) is 12.1 Å². The normalized spacial score (nSPS) is 10.0. The summed E-state index contributed by atoms with van der Waals surface area (Å²) in [7, 11) is 0. The average molecular weight is 332 g/mol. The molecule has 0 radical (unpaired) electrons. The minimum absolute atomic E-state index is 0.118. The predicted molar refractivity (Wildman–Crippen MR) is 88.4 cm³/mol. The van der Waals surface area contributed by atoms with E-state index in [-0.39, 0.29) is 11.3 Å². The van der Waals surface area contributed by atoms with Crippen molar-refractivity contribution in [3.8, 4) is 0 Å². The fraction of sp³-hybridized carbons (Fsp3) is 0.0625. The van der Waals surface area contributed by atoms with E-state index in [0.29, 0.717) is 16.3 Å². The standard InChI is InChI=1S/C16H14ClN3O3/c1-9-11(17)6-4-8-12(9)19-15(22)16(23)20-13-7-3-2-5-10(13)14(18)21/h2-8H,1H3,(H2,18,21)(H,19,22)(H,20,23). The molecule has 0 aliphatic carbocycles. The lowest BCUT2D eigenvalue weighted by atomic mass is 10.1. The molecule has 3 amide bonds. The Labute approximate surface area is 137 Å². The first kappa shape index (κ1) is 16.5. The number of nitrogens with one attached hydrogen (secondary N) is 2. The molecule has 2 rings (SSSR count). The molecule has 2 aromatic rings. The Kier molecular flexibility index (Phi) is 4.98. The molecule has 0 aliphatic rings. The largest absolute Gasteiger partial charge is 0.366 e. The van der Waals surface area contributed by atoms with Crippen LogP contribution < -0.4 is 16.4 Å². The first-order valence-corrected chi connectivity index (χ1v) is 7.04. The number of hydrogen-bond donors (Lipinski definition) is 3. The van der Waals surface area contributed by atoms with Crippen molar-refractivity contribution in [1.82, 2.24) is 0 Å². The van der Waals surface area contributed by atoms with Crippen LogP contribution in [0.25, 0.3) is 0 Å². The number of benzene rings is 2. The van der Waals surface area contributed by atoms with Gasteiger partial charge in [-0.15, -0.1) is 0 Å². The second kappa shape index (κ2) is 6.93. The van der Waals surface area contributed by atoms with Gasteiger partial charge in [0.1, 0.15) is 0 Å². The van der Waals surface area contributed by atoms with Crippen LogP contribution in [0, 0.1) is 6.92 Å². The maximum Gasteiger partial charge on any atom is 0.314 e. The minimum atomic E-state index is -0.918. The van der Waals surface area contributed by atoms with E-state index in [0.717, 1.165) is 0 Å². The van der Waals surface area contributed by atoms with E-state index >= 15 is 0 Å². The Morgan fingerprint density at radius 2 is 1.48 bits per heavy atom. The van der Waals surface area contributed by atoms with Crippen LogP contribution in [0.2, 0.25) is 5.02 Å². The summed E-state index contributed by atoms with van der Waals surface area (Å²) in [5, 5.41) is 5.30. The molecule has 0 saturated heterocycles. The molecule has 4 N–H and O–H groups in total. The zero-order chi connectivity index (χ0) is 17.0. The highest BCUT2D eigenvalue weighted by Gasteiger charge is 2.18. The molecular formula is C16H14ClN3O3. The molecule has 23 heavy (non-hydrogen) atoms. The number of hydrogen-bond acceptors (Lipinski definition) is 3. The molecule has 0 heterocycles. The van der Waals surface area contributed by atoms with Crippen LogP contribution in [0.4, 0.5) is 11.4 Å². The van der Waals surface area contributed by atoms with Gasteiger partial charge in [0.15, 0.2) is 0 Å². The van der Waals surface area contributed by atoms with E-state index in [4.69, 9.17) is 17.3 Å². The van der Waals surface area contributed by atoms with Crippen molar-refractivity contribution in [2.45, 2.75) is 6.92 Å². The third-order valence-corrected chi connectivity index (χ3v) is 3.57. The summed E-state index contributed by atoms with van der Waals surface area (Å²) in [4.78, 5) is 35.3. The van der Waals surface area contributed by atoms with Crippen LogP contribution in [-0.4, -0.2) is 17.7 Å². The van der Waals surface area contributed by atoms with Crippen LogP contribution in [0.5, 0.6) is 0 Å². The number of nitrogens with two attached hydrogens (primary N) is 1. The van der Waals surface area contributed by atoms with Crippen LogP contribution in [0.3, 0.4) is 0 Å². The number of anilines is 2. The first-order chi connectivity index (χ1) is 10.9. The van der Waals surface area contributed by atoms with Gasteiger partial charge in [-0.25, -0.2) is 0 Å². The number of carbonyl (C=O) groups is 3. The van der Waals surface area contributed by atoms with E-state index < -0.39 is 17.7 Å². The monoisotopic (exact) mass is 331 g/mol. The highest BCUT2D eigenvalue weighted by molar-refractivity contribution is 6.44. The number of rotatable bonds is 3. The van der Waals surface area contributed by atoms with Crippen molar-refractivity contribution in [2.75, 3.05) is 10.6 Å². The second-order valence-corrected chi connectivity index (χ2v) is 5.14. The third-order valence-electron chi connectivity index (χ3n) is 3.16. The van der Waals surface area contributed by atoms with E-state index in [2.05, 4.69) is 10.6 Å². The van der Waals surface area contributed by atoms with E-state index in [1.807, 2.05) is 0 Å². The van der Waals surface area contributed by atoms with E-state index in [9.17, 15) is 14.4 Å². The molecule has 0 spiro atoms. The Morgan fingerprint density at radius 1 is 0.913 bits per heavy atom. The number of primary amides is 1. The zero-order valence-electron chi connectivity index (χ0n) is 12.2. The Morgan fingerprint density at radius 3 is 2.13 bits per heavy atom. The molecule has 0 saturated carbocycles. The molecule has 7 heteroatoms. The van der Waals surface area contributed by atoms with Gasteiger partial charge < -0.3 is 16.4 Å². The van der Waals surface area contributed by atoms with E-state index in [1.54, 1.807) is 37.3 Å². The fourth-order valence-corrected chi connectivity index (χ4v) is 2.08. The zero-order valence-corrected chi connectivity index (χ0v) is 13.0. The van der Waals surface area contributed by atoms with Crippen LogP contribution in [-0.2, 0) is 9.59 Å². The van der Waals surface area contributed by atoms with Crippen LogP contribution in [0.1, 0.15) is 15.9 Å². The smallest absolute Gasteiger partial charge is 0.314 e. The van der Waals surface area contributed by atoms with Crippen LogP contribution >= 0.6 is 11.6 Å². The molecule has 0 aromatic heterocycles. The van der Waals surface area contributed by atoms with Gasteiger partial charge in [-0.1, -0.05) is 29.8 Å². The Bertz CT molecular complexity index is 790. The maximum atomic E-state index is 12.0. The topological polar surface area (TPSA) is 101 Å². The number of amides is 3. The highest BCUT2D eigenvalue weighted by atomic mass is 35.5. The Hall–Kier alpha value is -2.86. The van der Waals surface area contributed by atoms with Gasteiger partial charge in [0.25, 0.3) is 5.91 Å². The summed E-state index contributed by atoms with van der Waals surface area (Å²) in [5.41, 5.74) is 6.59. The SMILES string of the molecule is Cc1c(Cl)cccc1NC(=O)C(=O)Nc1ccccc1C(N)=O. The quantitative estimate of drug-likeness (QED) is 0.752. The lowest BCUT2D eigenvalue weighted by Crippen LogP contribution is -2.30. The summed E-state index contributed by atoms with van der Waals surface area (Å²) in [6, 6.07) is 11.1. The molecule has 118 valence electrons. The van der Waals surface area contributed by atoms with Gasteiger partial charge in [0.2, 0.25) is 0 Å². The Balaban J connectivity index is 2.14. The van der Waals surface area contributed by atoms with Crippen molar-refractivity contribution >= 4 is 40.7 Å². The molecule has 0 aliphatic heterocycles. The second-order valence-electron chi connectivity index (χ2n) is 4.73. The van der Waals surface area contributed by atoms with Crippen molar-refractivity contribution in [3.63, 3.8) is 0 Å². The molecule has 0 unspecified atom stereocenters. The molecule has 2 aromatic carbocycles. The highest BCUT2D eigenvalue weighted by Crippen LogP contribution is 2.23. The molecule has 0 atom stereocenters.